The molecule has 1 aromatic heterocycles. The largest absolute Gasteiger partial charge is 0.322 e. The summed E-state index contributed by atoms with van der Waals surface area (Å²) in [6.45, 7) is 0. The van der Waals surface area contributed by atoms with Crippen molar-refractivity contribution in [1.29, 1.82) is 0 Å². The van der Waals surface area contributed by atoms with Crippen molar-refractivity contribution >= 4 is 31.9 Å². The highest BCUT2D eigenvalue weighted by molar-refractivity contribution is 9.11. The van der Waals surface area contributed by atoms with Crippen molar-refractivity contribution in [2.24, 2.45) is 5.73 Å². The summed E-state index contributed by atoms with van der Waals surface area (Å²) in [7, 11) is 0. The van der Waals surface area contributed by atoms with E-state index in [0.717, 1.165) is 4.47 Å². The number of rotatable bonds is 3. The van der Waals surface area contributed by atoms with Gasteiger partial charge in [-0.3, -0.25) is 0 Å². The van der Waals surface area contributed by atoms with Crippen LogP contribution in [-0.2, 0) is 0 Å². The molecule has 1 aliphatic rings. The fourth-order valence-corrected chi connectivity index (χ4v) is 2.79. The van der Waals surface area contributed by atoms with Crippen LogP contribution in [0.15, 0.2) is 44.8 Å². The molecule has 0 amide bonds. The average Bonchev–Trinajstić information content (AvgIpc) is 2.30. The molecule has 2 N–H and O–H groups in total. The molecule has 0 aliphatic heterocycles. The van der Waals surface area contributed by atoms with E-state index in [9.17, 15) is 8.78 Å². The maximum absolute atomic E-state index is 13.2. The molecule has 0 fully saturated rings. The second kappa shape index (κ2) is 6.24. The van der Waals surface area contributed by atoms with Gasteiger partial charge in [0.05, 0.1) is 11.7 Å². The van der Waals surface area contributed by atoms with Gasteiger partial charge in [-0.2, -0.15) is 0 Å². The Morgan fingerprint density at radius 3 is 2.84 bits per heavy atom. The quantitative estimate of drug-likeness (QED) is 0.767. The Morgan fingerprint density at radius 2 is 2.16 bits per heavy atom. The van der Waals surface area contributed by atoms with Crippen molar-refractivity contribution in [3.63, 3.8) is 0 Å². The highest BCUT2D eigenvalue weighted by Gasteiger charge is 2.18. The number of aromatic nitrogens is 1. The van der Waals surface area contributed by atoms with Crippen LogP contribution in [0.5, 0.6) is 0 Å². The summed E-state index contributed by atoms with van der Waals surface area (Å²) in [5.74, 6) is -0.446. The van der Waals surface area contributed by atoms with Crippen LogP contribution in [0.3, 0.4) is 0 Å². The summed E-state index contributed by atoms with van der Waals surface area (Å²) >= 11 is 6.65. The molecule has 6 heteroatoms. The van der Waals surface area contributed by atoms with E-state index in [4.69, 9.17) is 5.73 Å². The third-order valence-electron chi connectivity index (χ3n) is 2.77. The van der Waals surface area contributed by atoms with Crippen LogP contribution in [0.25, 0.3) is 0 Å². The number of hydrogen-bond acceptors (Lipinski definition) is 2. The van der Waals surface area contributed by atoms with Crippen LogP contribution in [0.2, 0.25) is 0 Å². The number of nitrogens with two attached hydrogens (primary N) is 1. The van der Waals surface area contributed by atoms with Crippen molar-refractivity contribution < 1.29 is 8.78 Å². The van der Waals surface area contributed by atoms with Gasteiger partial charge in [-0.05, 0) is 68.1 Å². The van der Waals surface area contributed by atoms with Crippen molar-refractivity contribution in [2.75, 3.05) is 0 Å². The molecule has 0 saturated heterocycles. The SMILES string of the molecule is NC(CC1=CC(F)CC(F)=C1)c1nc(Br)ccc1Br. The summed E-state index contributed by atoms with van der Waals surface area (Å²) in [5, 5.41) is 0. The molecule has 1 heterocycles. The number of nitrogens with zero attached hydrogens (tertiary/aromatic N) is 1. The summed E-state index contributed by atoms with van der Waals surface area (Å²) in [6, 6.07) is 3.19. The molecule has 0 bridgehead atoms. The number of hydrogen-bond donors (Lipinski definition) is 1. The van der Waals surface area contributed by atoms with Crippen LogP contribution in [0, 0.1) is 0 Å². The Balaban J connectivity index is 2.17. The van der Waals surface area contributed by atoms with E-state index in [0.29, 0.717) is 22.3 Å². The van der Waals surface area contributed by atoms with Gasteiger partial charge in [0.25, 0.3) is 0 Å². The van der Waals surface area contributed by atoms with Gasteiger partial charge in [-0.15, -0.1) is 0 Å². The topological polar surface area (TPSA) is 38.9 Å². The zero-order valence-electron chi connectivity index (χ0n) is 9.91. The molecule has 102 valence electrons. The Morgan fingerprint density at radius 1 is 1.42 bits per heavy atom. The number of allylic oxidation sites excluding steroid dienone is 3. The third-order valence-corrected chi connectivity index (χ3v) is 3.89. The molecule has 0 saturated carbocycles. The molecule has 1 aliphatic carbocycles. The molecule has 2 unspecified atom stereocenters. The Bertz CT molecular complexity index is 543. The first kappa shape index (κ1) is 14.8. The first-order valence-corrected chi connectivity index (χ1v) is 7.32. The predicted octanol–water partition coefficient (Wildman–Crippen LogP) is 4.52. The van der Waals surface area contributed by atoms with Crippen molar-refractivity contribution in [3.05, 3.63) is 50.5 Å². The molecule has 2 atom stereocenters. The van der Waals surface area contributed by atoms with Crippen LogP contribution in [0.1, 0.15) is 24.6 Å². The van der Waals surface area contributed by atoms with Gasteiger partial charge in [0.1, 0.15) is 16.6 Å². The third kappa shape index (κ3) is 3.94. The lowest BCUT2D eigenvalue weighted by atomic mass is 9.97. The molecule has 2 nitrogen and oxygen atoms in total. The summed E-state index contributed by atoms with van der Waals surface area (Å²) in [6.07, 6.45) is 1.65. The molecule has 0 radical (unpaired) electrons. The fourth-order valence-electron chi connectivity index (χ4n) is 1.96. The van der Waals surface area contributed by atoms with Crippen LogP contribution in [-0.4, -0.2) is 11.2 Å². The maximum Gasteiger partial charge on any atom is 0.125 e. The zero-order chi connectivity index (χ0) is 14.0. The maximum atomic E-state index is 13.2. The van der Waals surface area contributed by atoms with E-state index in [1.165, 1.54) is 12.2 Å². The minimum absolute atomic E-state index is 0.183. The standard InChI is InChI=1S/C13H12Br2F2N2/c14-10-1-2-12(15)19-13(10)11(18)5-7-3-8(16)6-9(17)4-7/h1-4,8,11H,5-6,18H2. The van der Waals surface area contributed by atoms with E-state index in [1.807, 2.05) is 6.07 Å². The lowest BCUT2D eigenvalue weighted by Crippen LogP contribution is -2.15. The second-order valence-corrected chi connectivity index (χ2v) is 6.03. The molecule has 0 aromatic carbocycles. The van der Waals surface area contributed by atoms with Gasteiger partial charge in [0, 0.05) is 10.9 Å². The zero-order valence-corrected chi connectivity index (χ0v) is 13.1. The van der Waals surface area contributed by atoms with E-state index < -0.39 is 18.0 Å². The monoisotopic (exact) mass is 392 g/mol. The number of alkyl halides is 1. The molecule has 19 heavy (non-hydrogen) atoms. The lowest BCUT2D eigenvalue weighted by molar-refractivity contribution is 0.365. The smallest absolute Gasteiger partial charge is 0.125 e. The van der Waals surface area contributed by atoms with Crippen molar-refractivity contribution in [1.82, 2.24) is 4.98 Å². The van der Waals surface area contributed by atoms with Gasteiger partial charge in [0.2, 0.25) is 0 Å². The Hall–Kier alpha value is -0.590. The van der Waals surface area contributed by atoms with Gasteiger partial charge >= 0.3 is 0 Å². The highest BCUT2D eigenvalue weighted by Crippen LogP contribution is 2.30. The fraction of sp³-hybridized carbons (Fsp3) is 0.308. The van der Waals surface area contributed by atoms with E-state index >= 15 is 0 Å². The van der Waals surface area contributed by atoms with Crippen LogP contribution < -0.4 is 5.73 Å². The highest BCUT2D eigenvalue weighted by atomic mass is 79.9. The first-order valence-electron chi connectivity index (χ1n) is 5.74. The van der Waals surface area contributed by atoms with Gasteiger partial charge in [-0.25, -0.2) is 13.8 Å². The lowest BCUT2D eigenvalue weighted by Gasteiger charge is -2.17. The minimum Gasteiger partial charge on any atom is -0.322 e. The van der Waals surface area contributed by atoms with E-state index in [2.05, 4.69) is 36.8 Å². The predicted molar refractivity (Wildman–Crippen MR) is 78.0 cm³/mol. The molecule has 2 rings (SSSR count). The number of pyridine rings is 1. The molecular formula is C13H12Br2F2N2. The summed E-state index contributed by atoms with van der Waals surface area (Å²) in [4.78, 5) is 4.29. The van der Waals surface area contributed by atoms with Gasteiger partial charge < -0.3 is 5.73 Å². The number of halogens is 4. The Kier molecular flexibility index (Phi) is 4.86. The van der Waals surface area contributed by atoms with E-state index in [-0.39, 0.29) is 6.42 Å². The second-order valence-electron chi connectivity index (χ2n) is 4.36. The molecular weight excluding hydrogens is 382 g/mol. The first-order chi connectivity index (χ1) is 8.95. The van der Waals surface area contributed by atoms with Crippen LogP contribution in [0.4, 0.5) is 8.78 Å². The van der Waals surface area contributed by atoms with E-state index in [1.54, 1.807) is 6.07 Å². The van der Waals surface area contributed by atoms with Crippen molar-refractivity contribution in [2.45, 2.75) is 25.1 Å². The van der Waals surface area contributed by atoms with Crippen molar-refractivity contribution in [3.8, 4) is 0 Å². The average molecular weight is 394 g/mol. The van der Waals surface area contributed by atoms with Gasteiger partial charge in [-0.1, -0.05) is 0 Å². The normalized spacial score (nSPS) is 20.8. The van der Waals surface area contributed by atoms with Crippen LogP contribution >= 0.6 is 31.9 Å². The summed E-state index contributed by atoms with van der Waals surface area (Å²) < 4.78 is 27.9. The molecule has 1 aromatic rings. The minimum atomic E-state index is -1.27. The van der Waals surface area contributed by atoms with Gasteiger partial charge in [0.15, 0.2) is 0 Å². The Labute approximate surface area is 127 Å². The molecule has 0 spiro atoms. The summed E-state index contributed by atoms with van der Waals surface area (Å²) in [5.41, 5.74) is 7.28.